The molecule has 0 aliphatic carbocycles. The number of nitrogens with one attached hydrogen (secondary N) is 1. The molecule has 0 saturated heterocycles. The molecule has 6 heteroatoms. The lowest BCUT2D eigenvalue weighted by molar-refractivity contribution is 0.259. The first kappa shape index (κ1) is 23.0. The maximum atomic E-state index is 5.92. The molecule has 0 radical (unpaired) electrons. The largest absolute Gasteiger partial charge is 0.492 e. The molecule has 3 N–H and O–H groups in total. The van der Waals surface area contributed by atoms with Gasteiger partial charge in [-0.25, -0.2) is 4.99 Å². The molecule has 24 heavy (non-hydrogen) atoms. The van der Waals surface area contributed by atoms with Crippen LogP contribution in [0.4, 0.5) is 0 Å². The van der Waals surface area contributed by atoms with Crippen molar-refractivity contribution in [3.63, 3.8) is 0 Å². The summed E-state index contributed by atoms with van der Waals surface area (Å²) in [5.41, 5.74) is 6.98. The number of guanidine groups is 1. The third-order valence-corrected chi connectivity index (χ3v) is 3.52. The quantitative estimate of drug-likeness (QED) is 0.236. The fourth-order valence-electron chi connectivity index (χ4n) is 2.11. The molecule has 0 atom stereocenters. The minimum atomic E-state index is 0. The van der Waals surface area contributed by atoms with Crippen molar-refractivity contribution in [2.24, 2.45) is 10.7 Å². The number of likely N-dealkylation sites (N-methyl/N-ethyl adjacent to an activating group) is 1. The number of hydrogen-bond acceptors (Lipinski definition) is 3. The van der Waals surface area contributed by atoms with Gasteiger partial charge in [-0.2, -0.15) is 0 Å². The summed E-state index contributed by atoms with van der Waals surface area (Å²) in [6.45, 7) is 5.18. The predicted octanol–water partition coefficient (Wildman–Crippen LogP) is 3.23. The number of hydrogen-bond donors (Lipinski definition) is 2. The zero-order valence-corrected chi connectivity index (χ0v) is 17.6. The van der Waals surface area contributed by atoms with E-state index in [-0.39, 0.29) is 24.0 Å². The zero-order chi connectivity index (χ0) is 16.9. The number of para-hydroxylation sites is 1. The third-order valence-electron chi connectivity index (χ3n) is 3.52. The van der Waals surface area contributed by atoms with Crippen molar-refractivity contribution in [3.8, 4) is 5.75 Å². The van der Waals surface area contributed by atoms with Gasteiger partial charge in [0.2, 0.25) is 0 Å². The molecular weight excluding hydrogens is 415 g/mol. The maximum Gasteiger partial charge on any atom is 0.188 e. The lowest BCUT2D eigenvalue weighted by Gasteiger charge is -2.13. The van der Waals surface area contributed by atoms with E-state index in [9.17, 15) is 0 Å². The van der Waals surface area contributed by atoms with Gasteiger partial charge in [-0.1, -0.05) is 44.4 Å². The summed E-state index contributed by atoms with van der Waals surface area (Å²) >= 11 is 0. The number of aliphatic imine (C=N–C) groups is 1. The molecule has 0 unspecified atom stereocenters. The molecule has 0 fully saturated rings. The van der Waals surface area contributed by atoms with E-state index in [0.717, 1.165) is 30.8 Å². The Morgan fingerprint density at radius 3 is 2.67 bits per heavy atom. The highest BCUT2D eigenvalue weighted by atomic mass is 127. The first-order valence-electron chi connectivity index (χ1n) is 8.52. The van der Waals surface area contributed by atoms with E-state index in [1.807, 2.05) is 38.4 Å². The number of unbranched alkanes of at least 4 members (excludes halogenated alkanes) is 3. The van der Waals surface area contributed by atoms with E-state index < -0.39 is 0 Å². The molecule has 0 aliphatic rings. The van der Waals surface area contributed by atoms with Crippen molar-refractivity contribution >= 4 is 29.9 Å². The third kappa shape index (κ3) is 10.7. The number of ether oxygens (including phenoxy) is 1. The van der Waals surface area contributed by atoms with Crippen LogP contribution in [-0.2, 0) is 6.54 Å². The molecular formula is C18H33IN4O. The standard InChI is InChI=1S/C18H32N4O.HI/c1-4-5-6-9-12-20-18(19)21-15-16-10-7-8-11-17(16)23-14-13-22(2)3;/h7-8,10-11H,4-6,9,12-15H2,1-3H3,(H3,19,20,21);1H. The Morgan fingerprint density at radius 1 is 1.21 bits per heavy atom. The van der Waals surface area contributed by atoms with Gasteiger partial charge in [0.1, 0.15) is 12.4 Å². The Labute approximate surface area is 164 Å². The highest BCUT2D eigenvalue weighted by molar-refractivity contribution is 14.0. The van der Waals surface area contributed by atoms with Crippen molar-refractivity contribution in [2.75, 3.05) is 33.8 Å². The van der Waals surface area contributed by atoms with E-state index in [0.29, 0.717) is 19.1 Å². The number of nitrogens with two attached hydrogens (primary N) is 1. The molecule has 0 aromatic heterocycles. The summed E-state index contributed by atoms with van der Waals surface area (Å²) in [5, 5.41) is 3.17. The van der Waals surface area contributed by atoms with E-state index in [2.05, 4.69) is 22.1 Å². The van der Waals surface area contributed by atoms with Crippen LogP contribution in [0, 0.1) is 0 Å². The van der Waals surface area contributed by atoms with E-state index in [1.165, 1.54) is 19.3 Å². The van der Waals surface area contributed by atoms with Crippen LogP contribution in [0.15, 0.2) is 29.3 Å². The van der Waals surface area contributed by atoms with Gasteiger partial charge in [-0.3, -0.25) is 0 Å². The van der Waals surface area contributed by atoms with Crippen LogP contribution < -0.4 is 15.8 Å². The Balaban J connectivity index is 0.00000529. The van der Waals surface area contributed by atoms with Crippen LogP contribution in [0.1, 0.15) is 38.2 Å². The number of benzene rings is 1. The summed E-state index contributed by atoms with van der Waals surface area (Å²) in [6, 6.07) is 7.99. The molecule has 5 nitrogen and oxygen atoms in total. The van der Waals surface area contributed by atoms with E-state index >= 15 is 0 Å². The molecule has 1 rings (SSSR count). The minimum Gasteiger partial charge on any atom is -0.492 e. The number of nitrogens with zero attached hydrogens (tertiary/aromatic N) is 2. The topological polar surface area (TPSA) is 62.9 Å². The Kier molecular flexibility index (Phi) is 13.7. The van der Waals surface area contributed by atoms with Crippen molar-refractivity contribution in [2.45, 2.75) is 39.2 Å². The second kappa shape index (κ2) is 14.3. The molecule has 0 aliphatic heterocycles. The molecule has 1 aromatic carbocycles. The highest BCUT2D eigenvalue weighted by Crippen LogP contribution is 2.18. The van der Waals surface area contributed by atoms with Crippen molar-refractivity contribution < 1.29 is 4.74 Å². The lowest BCUT2D eigenvalue weighted by Crippen LogP contribution is -2.32. The second-order valence-electron chi connectivity index (χ2n) is 5.95. The molecule has 138 valence electrons. The average molecular weight is 448 g/mol. The van der Waals surface area contributed by atoms with Gasteiger partial charge < -0.3 is 20.7 Å². The molecule has 0 amide bonds. The van der Waals surface area contributed by atoms with Gasteiger partial charge in [0.15, 0.2) is 5.96 Å². The SMILES string of the molecule is CCCCCCNC(N)=NCc1ccccc1OCCN(C)C.I. The first-order chi connectivity index (χ1) is 11.1. The number of rotatable bonds is 11. The van der Waals surface area contributed by atoms with Gasteiger partial charge in [0, 0.05) is 18.7 Å². The lowest BCUT2D eigenvalue weighted by atomic mass is 10.2. The summed E-state index contributed by atoms with van der Waals surface area (Å²) in [5.74, 6) is 1.39. The molecule has 0 bridgehead atoms. The molecule has 0 spiro atoms. The Morgan fingerprint density at radius 2 is 1.96 bits per heavy atom. The fraction of sp³-hybridized carbons (Fsp3) is 0.611. The Bertz CT molecular complexity index is 466. The fourth-order valence-corrected chi connectivity index (χ4v) is 2.11. The van der Waals surface area contributed by atoms with Gasteiger partial charge in [-0.05, 0) is 26.6 Å². The zero-order valence-electron chi connectivity index (χ0n) is 15.3. The van der Waals surface area contributed by atoms with Crippen LogP contribution in [0.3, 0.4) is 0 Å². The maximum absolute atomic E-state index is 5.92. The van der Waals surface area contributed by atoms with Crippen LogP contribution in [-0.4, -0.2) is 44.7 Å². The summed E-state index contributed by atoms with van der Waals surface area (Å²) in [4.78, 5) is 6.51. The number of halogens is 1. The van der Waals surface area contributed by atoms with Crippen LogP contribution in [0.2, 0.25) is 0 Å². The molecule has 0 saturated carbocycles. The minimum absolute atomic E-state index is 0. The van der Waals surface area contributed by atoms with Crippen LogP contribution >= 0.6 is 24.0 Å². The van der Waals surface area contributed by atoms with Crippen molar-refractivity contribution in [3.05, 3.63) is 29.8 Å². The van der Waals surface area contributed by atoms with Gasteiger partial charge in [0.25, 0.3) is 0 Å². The summed E-state index contributed by atoms with van der Waals surface area (Å²) in [7, 11) is 4.07. The normalized spacial score (nSPS) is 11.2. The smallest absolute Gasteiger partial charge is 0.188 e. The monoisotopic (exact) mass is 448 g/mol. The summed E-state index contributed by atoms with van der Waals surface area (Å²) < 4.78 is 5.83. The Hall–Kier alpha value is -1.02. The first-order valence-corrected chi connectivity index (χ1v) is 8.52. The van der Waals surface area contributed by atoms with Gasteiger partial charge in [-0.15, -0.1) is 24.0 Å². The van der Waals surface area contributed by atoms with Gasteiger partial charge >= 0.3 is 0 Å². The highest BCUT2D eigenvalue weighted by Gasteiger charge is 2.03. The van der Waals surface area contributed by atoms with Crippen molar-refractivity contribution in [1.82, 2.24) is 10.2 Å². The second-order valence-corrected chi connectivity index (χ2v) is 5.95. The van der Waals surface area contributed by atoms with Crippen molar-refractivity contribution in [1.29, 1.82) is 0 Å². The molecule has 0 heterocycles. The van der Waals surface area contributed by atoms with Gasteiger partial charge in [0.05, 0.1) is 6.54 Å². The summed E-state index contributed by atoms with van der Waals surface area (Å²) in [6.07, 6.45) is 4.89. The molecule has 1 aromatic rings. The average Bonchev–Trinajstić information content (AvgIpc) is 2.53. The predicted molar refractivity (Wildman–Crippen MR) is 113 cm³/mol. The van der Waals surface area contributed by atoms with E-state index in [4.69, 9.17) is 10.5 Å². The van der Waals surface area contributed by atoms with Crippen LogP contribution in [0.25, 0.3) is 0 Å². The van der Waals surface area contributed by atoms with Crippen LogP contribution in [0.5, 0.6) is 5.75 Å². The van der Waals surface area contributed by atoms with E-state index in [1.54, 1.807) is 0 Å².